The number of ether oxygens (including phenoxy) is 1. The number of anilines is 1. The third-order valence-electron chi connectivity index (χ3n) is 4.24. The number of hydrogen-bond acceptors (Lipinski definition) is 3. The van der Waals surface area contributed by atoms with E-state index in [2.05, 4.69) is 46.0 Å². The predicted octanol–water partition coefficient (Wildman–Crippen LogP) is 3.62. The van der Waals surface area contributed by atoms with Crippen LogP contribution in [0, 0.1) is 12.7 Å². The van der Waals surface area contributed by atoms with Crippen LogP contribution in [0.5, 0.6) is 5.75 Å². The Hall–Kier alpha value is -2.08. The second-order valence-corrected chi connectivity index (χ2v) is 6.99. The number of piperazine rings is 1. The molecule has 0 unspecified atom stereocenters. The highest BCUT2D eigenvalue weighted by atomic mass is 79.9. The largest absolute Gasteiger partial charge is 0.481 e. The molecule has 0 N–H and O–H groups in total. The second kappa shape index (κ2) is 7.87. The van der Waals surface area contributed by atoms with E-state index in [1.165, 1.54) is 23.4 Å². The van der Waals surface area contributed by atoms with Crippen molar-refractivity contribution in [3.8, 4) is 5.75 Å². The molecule has 0 bridgehead atoms. The zero-order valence-corrected chi connectivity index (χ0v) is 15.6. The average molecular weight is 407 g/mol. The predicted molar refractivity (Wildman–Crippen MR) is 99.6 cm³/mol. The smallest absolute Gasteiger partial charge is 0.260 e. The quantitative estimate of drug-likeness (QED) is 0.776. The summed E-state index contributed by atoms with van der Waals surface area (Å²) in [6.45, 7) is 4.76. The first-order valence-electron chi connectivity index (χ1n) is 8.20. The molecule has 2 aromatic rings. The molecule has 4 nitrogen and oxygen atoms in total. The number of carbonyl (C=O) groups is 1. The molecule has 2 aromatic carbocycles. The van der Waals surface area contributed by atoms with Crippen LogP contribution in [0.4, 0.5) is 10.1 Å². The maximum Gasteiger partial charge on any atom is 0.260 e. The van der Waals surface area contributed by atoms with Crippen LogP contribution in [-0.4, -0.2) is 43.6 Å². The average Bonchev–Trinajstić information content (AvgIpc) is 2.61. The van der Waals surface area contributed by atoms with Gasteiger partial charge in [-0.25, -0.2) is 4.39 Å². The van der Waals surface area contributed by atoms with Crippen molar-refractivity contribution in [1.29, 1.82) is 0 Å². The van der Waals surface area contributed by atoms with Gasteiger partial charge in [-0.1, -0.05) is 28.1 Å². The topological polar surface area (TPSA) is 32.8 Å². The first-order valence-corrected chi connectivity index (χ1v) is 8.99. The highest BCUT2D eigenvalue weighted by Gasteiger charge is 2.22. The Labute approximate surface area is 155 Å². The number of rotatable bonds is 4. The third-order valence-corrected chi connectivity index (χ3v) is 4.74. The van der Waals surface area contributed by atoms with Crippen molar-refractivity contribution in [1.82, 2.24) is 4.90 Å². The van der Waals surface area contributed by atoms with E-state index in [9.17, 15) is 9.18 Å². The first-order chi connectivity index (χ1) is 12.0. The zero-order chi connectivity index (χ0) is 17.8. The maximum absolute atomic E-state index is 13.7. The van der Waals surface area contributed by atoms with Gasteiger partial charge in [0.05, 0.1) is 0 Å². The molecule has 0 aromatic heterocycles. The van der Waals surface area contributed by atoms with E-state index in [0.29, 0.717) is 17.6 Å². The van der Waals surface area contributed by atoms with Gasteiger partial charge in [0.15, 0.2) is 18.2 Å². The highest BCUT2D eigenvalue weighted by molar-refractivity contribution is 9.10. The Balaban J connectivity index is 1.51. The summed E-state index contributed by atoms with van der Waals surface area (Å²) in [5.41, 5.74) is 2.40. The standard InChI is InChI=1S/C19H20BrFN2O2/c1-14-3-2-4-16(11-14)22-7-9-23(10-8-22)19(24)13-25-18-6-5-15(20)12-17(18)21/h2-6,11-12H,7-10,13H2,1H3. The minimum Gasteiger partial charge on any atom is -0.481 e. The van der Waals surface area contributed by atoms with Gasteiger partial charge in [-0.2, -0.15) is 0 Å². The molecule has 0 spiro atoms. The first kappa shape index (κ1) is 17.7. The van der Waals surface area contributed by atoms with E-state index < -0.39 is 5.82 Å². The number of carbonyl (C=O) groups excluding carboxylic acids is 1. The summed E-state index contributed by atoms with van der Waals surface area (Å²) >= 11 is 3.19. The molecule has 6 heteroatoms. The minimum absolute atomic E-state index is 0.0925. The van der Waals surface area contributed by atoms with Gasteiger partial charge < -0.3 is 14.5 Å². The Bertz CT molecular complexity index is 761. The molecule has 1 fully saturated rings. The van der Waals surface area contributed by atoms with E-state index in [-0.39, 0.29) is 18.3 Å². The Kier molecular flexibility index (Phi) is 5.58. The SMILES string of the molecule is Cc1cccc(N2CCN(C(=O)COc3ccc(Br)cc3F)CC2)c1. The number of amides is 1. The maximum atomic E-state index is 13.7. The van der Waals surface area contributed by atoms with Crippen molar-refractivity contribution in [2.24, 2.45) is 0 Å². The minimum atomic E-state index is -0.480. The third kappa shape index (κ3) is 4.51. The van der Waals surface area contributed by atoms with Crippen molar-refractivity contribution in [3.05, 3.63) is 58.3 Å². The second-order valence-electron chi connectivity index (χ2n) is 6.07. The van der Waals surface area contributed by atoms with Gasteiger partial charge in [0.1, 0.15) is 0 Å². The Morgan fingerprint density at radius 1 is 1.16 bits per heavy atom. The van der Waals surface area contributed by atoms with Gasteiger partial charge in [0.2, 0.25) is 0 Å². The molecule has 0 radical (unpaired) electrons. The van der Waals surface area contributed by atoms with Gasteiger partial charge in [-0.15, -0.1) is 0 Å². The van der Waals surface area contributed by atoms with E-state index in [4.69, 9.17) is 4.74 Å². The molecule has 0 atom stereocenters. The fourth-order valence-corrected chi connectivity index (χ4v) is 3.19. The summed E-state index contributed by atoms with van der Waals surface area (Å²) < 4.78 is 19.7. The van der Waals surface area contributed by atoms with Crippen LogP contribution in [0.3, 0.4) is 0 Å². The number of nitrogens with zero attached hydrogens (tertiary/aromatic N) is 2. The molecule has 0 aliphatic carbocycles. The molecule has 1 aliphatic heterocycles. The summed E-state index contributed by atoms with van der Waals surface area (Å²) in [6.07, 6.45) is 0. The summed E-state index contributed by atoms with van der Waals surface area (Å²) in [4.78, 5) is 16.3. The molecule has 1 saturated heterocycles. The van der Waals surface area contributed by atoms with Crippen LogP contribution in [0.25, 0.3) is 0 Å². The van der Waals surface area contributed by atoms with Crippen LogP contribution in [0.1, 0.15) is 5.56 Å². The lowest BCUT2D eigenvalue weighted by atomic mass is 10.2. The summed E-state index contributed by atoms with van der Waals surface area (Å²) in [5.74, 6) is -0.507. The van der Waals surface area contributed by atoms with Crippen molar-refractivity contribution >= 4 is 27.5 Å². The fraction of sp³-hybridized carbons (Fsp3) is 0.316. The molecule has 1 heterocycles. The lowest BCUT2D eigenvalue weighted by Crippen LogP contribution is -2.50. The monoisotopic (exact) mass is 406 g/mol. The highest BCUT2D eigenvalue weighted by Crippen LogP contribution is 2.22. The number of halogens is 2. The summed E-state index contributed by atoms with van der Waals surface area (Å²) in [7, 11) is 0. The van der Waals surface area contributed by atoms with Crippen molar-refractivity contribution in [2.75, 3.05) is 37.7 Å². The van der Waals surface area contributed by atoms with Gasteiger partial charge in [0.25, 0.3) is 5.91 Å². The molecule has 1 amide bonds. The lowest BCUT2D eigenvalue weighted by molar-refractivity contribution is -0.133. The number of benzene rings is 2. The molecule has 132 valence electrons. The van der Waals surface area contributed by atoms with Crippen LogP contribution in [0.2, 0.25) is 0 Å². The molecular formula is C19H20BrFN2O2. The van der Waals surface area contributed by atoms with Gasteiger partial charge in [-0.05, 0) is 42.8 Å². The molecule has 1 aliphatic rings. The fourth-order valence-electron chi connectivity index (χ4n) is 2.86. The van der Waals surface area contributed by atoms with E-state index in [0.717, 1.165) is 13.1 Å². The van der Waals surface area contributed by atoms with Crippen molar-refractivity contribution < 1.29 is 13.9 Å². The molecule has 3 rings (SSSR count). The van der Waals surface area contributed by atoms with Crippen LogP contribution in [0.15, 0.2) is 46.9 Å². The van der Waals surface area contributed by atoms with Crippen LogP contribution in [-0.2, 0) is 4.79 Å². The van der Waals surface area contributed by atoms with E-state index in [1.807, 2.05) is 6.07 Å². The van der Waals surface area contributed by atoms with Crippen LogP contribution < -0.4 is 9.64 Å². The van der Waals surface area contributed by atoms with Crippen molar-refractivity contribution in [2.45, 2.75) is 6.92 Å². The van der Waals surface area contributed by atoms with Gasteiger partial charge in [-0.3, -0.25) is 4.79 Å². The number of aryl methyl sites for hydroxylation is 1. The number of hydrogen-bond donors (Lipinski definition) is 0. The summed E-state index contributed by atoms with van der Waals surface area (Å²) in [5, 5.41) is 0. The van der Waals surface area contributed by atoms with Gasteiger partial charge >= 0.3 is 0 Å². The van der Waals surface area contributed by atoms with Crippen molar-refractivity contribution in [3.63, 3.8) is 0 Å². The Morgan fingerprint density at radius 2 is 1.92 bits per heavy atom. The Morgan fingerprint density at radius 3 is 2.60 bits per heavy atom. The molecular weight excluding hydrogens is 387 g/mol. The van der Waals surface area contributed by atoms with Crippen LogP contribution >= 0.6 is 15.9 Å². The lowest BCUT2D eigenvalue weighted by Gasteiger charge is -2.36. The van der Waals surface area contributed by atoms with E-state index in [1.54, 1.807) is 11.0 Å². The molecule has 0 saturated carbocycles. The molecule has 25 heavy (non-hydrogen) atoms. The normalized spacial score (nSPS) is 14.5. The van der Waals surface area contributed by atoms with E-state index >= 15 is 0 Å². The van der Waals surface area contributed by atoms with Gasteiger partial charge in [0, 0.05) is 36.3 Å². The zero-order valence-electron chi connectivity index (χ0n) is 14.0. The summed E-state index contributed by atoms with van der Waals surface area (Å²) in [6, 6.07) is 12.9.